The molecule has 27 heavy (non-hydrogen) atoms. The number of hydrogen-bond acceptors (Lipinski definition) is 2. The van der Waals surface area contributed by atoms with Crippen LogP contribution in [0.4, 0.5) is 22.0 Å². The third-order valence-electron chi connectivity index (χ3n) is 3.92. The Labute approximate surface area is 150 Å². The summed E-state index contributed by atoms with van der Waals surface area (Å²) < 4.78 is 71.0. The van der Waals surface area contributed by atoms with Crippen LogP contribution in [0.5, 0.6) is 5.75 Å². The molecule has 0 aliphatic heterocycles. The Morgan fingerprint density at radius 1 is 0.815 bits per heavy atom. The van der Waals surface area contributed by atoms with Gasteiger partial charge < -0.3 is 4.74 Å². The molecule has 0 aliphatic carbocycles. The average molecular weight is 378 g/mol. The van der Waals surface area contributed by atoms with E-state index in [9.17, 15) is 26.7 Å². The first-order valence-corrected chi connectivity index (χ1v) is 7.71. The van der Waals surface area contributed by atoms with Crippen LogP contribution < -0.4 is 4.74 Å². The van der Waals surface area contributed by atoms with E-state index in [0.29, 0.717) is 11.1 Å². The molecule has 0 saturated heterocycles. The van der Waals surface area contributed by atoms with E-state index >= 15 is 0 Å². The number of rotatable bonds is 3. The standard InChI is InChI=1S/C20H11F5O2/c1-10(12-8-4-6-11-5-2-3-7-13(11)12)9-14(26)27-20-18(24)16(22)15(21)17(23)19(20)25/h2-9H,1H3. The molecule has 3 aromatic rings. The zero-order valence-corrected chi connectivity index (χ0v) is 13.8. The van der Waals surface area contributed by atoms with Crippen molar-refractivity contribution in [3.05, 3.63) is 83.2 Å². The van der Waals surface area contributed by atoms with E-state index < -0.39 is 40.8 Å². The van der Waals surface area contributed by atoms with Gasteiger partial charge in [-0.05, 0) is 28.8 Å². The molecule has 0 aromatic heterocycles. The Bertz CT molecular complexity index is 1050. The molecule has 0 unspecified atom stereocenters. The molecule has 0 heterocycles. The maximum Gasteiger partial charge on any atom is 0.336 e. The second kappa shape index (κ2) is 7.19. The summed E-state index contributed by atoms with van der Waals surface area (Å²) in [6.07, 6.45) is 0.916. The average Bonchev–Trinajstić information content (AvgIpc) is 2.67. The highest BCUT2D eigenvalue weighted by Gasteiger charge is 2.28. The van der Waals surface area contributed by atoms with Gasteiger partial charge in [-0.1, -0.05) is 42.5 Å². The first-order chi connectivity index (χ1) is 12.8. The second-order valence-electron chi connectivity index (χ2n) is 5.67. The number of benzene rings is 3. The fraction of sp³-hybridized carbons (Fsp3) is 0.0500. The number of halogens is 5. The summed E-state index contributed by atoms with van der Waals surface area (Å²) in [7, 11) is 0. The lowest BCUT2D eigenvalue weighted by atomic mass is 9.99. The quantitative estimate of drug-likeness (QED) is 0.149. The first-order valence-electron chi connectivity index (χ1n) is 7.71. The van der Waals surface area contributed by atoms with Crippen molar-refractivity contribution in [1.82, 2.24) is 0 Å². The molecule has 138 valence electrons. The molecule has 0 atom stereocenters. The SMILES string of the molecule is CC(=CC(=O)Oc1c(F)c(F)c(F)c(F)c1F)c1cccc2ccccc12. The topological polar surface area (TPSA) is 26.3 Å². The minimum absolute atomic E-state index is 0.390. The number of carbonyl (C=O) groups is 1. The summed E-state index contributed by atoms with van der Waals surface area (Å²) >= 11 is 0. The summed E-state index contributed by atoms with van der Waals surface area (Å²) in [6.45, 7) is 1.56. The number of fused-ring (bicyclic) bond motifs is 1. The van der Waals surface area contributed by atoms with Crippen LogP contribution >= 0.6 is 0 Å². The fourth-order valence-electron chi connectivity index (χ4n) is 2.63. The number of hydrogen-bond donors (Lipinski definition) is 0. The van der Waals surface area contributed by atoms with Gasteiger partial charge in [0.15, 0.2) is 0 Å². The Morgan fingerprint density at radius 2 is 1.37 bits per heavy atom. The van der Waals surface area contributed by atoms with Crippen molar-refractivity contribution >= 4 is 22.3 Å². The Morgan fingerprint density at radius 3 is 2.04 bits per heavy atom. The molecule has 0 spiro atoms. The summed E-state index contributed by atoms with van der Waals surface area (Å²) in [5.41, 5.74) is 1.04. The van der Waals surface area contributed by atoms with Crippen molar-refractivity contribution in [3.63, 3.8) is 0 Å². The van der Waals surface area contributed by atoms with Crippen LogP contribution in [-0.4, -0.2) is 5.97 Å². The first kappa shape index (κ1) is 18.6. The van der Waals surface area contributed by atoms with E-state index in [4.69, 9.17) is 0 Å². The number of esters is 1. The molecular formula is C20H11F5O2. The molecule has 0 N–H and O–H groups in total. The van der Waals surface area contributed by atoms with Gasteiger partial charge in [-0.3, -0.25) is 0 Å². The van der Waals surface area contributed by atoms with Gasteiger partial charge in [0.05, 0.1) is 0 Å². The van der Waals surface area contributed by atoms with Crippen LogP contribution in [0.3, 0.4) is 0 Å². The van der Waals surface area contributed by atoms with Gasteiger partial charge >= 0.3 is 5.97 Å². The normalized spacial score (nSPS) is 11.7. The molecule has 0 aliphatic rings. The predicted molar refractivity (Wildman–Crippen MR) is 89.5 cm³/mol. The highest BCUT2D eigenvalue weighted by molar-refractivity contribution is 5.99. The van der Waals surface area contributed by atoms with Crippen molar-refractivity contribution in [2.45, 2.75) is 6.92 Å². The van der Waals surface area contributed by atoms with E-state index in [-0.39, 0.29) is 0 Å². The van der Waals surface area contributed by atoms with Crippen molar-refractivity contribution in [2.75, 3.05) is 0 Å². The lowest BCUT2D eigenvalue weighted by Gasteiger charge is -2.09. The number of ether oxygens (including phenoxy) is 1. The van der Waals surface area contributed by atoms with Crippen LogP contribution in [0.15, 0.2) is 48.5 Å². The lowest BCUT2D eigenvalue weighted by Crippen LogP contribution is -2.11. The number of carbonyl (C=O) groups excluding carboxylic acids is 1. The zero-order chi connectivity index (χ0) is 19.7. The molecule has 0 saturated carbocycles. The van der Waals surface area contributed by atoms with E-state index in [0.717, 1.165) is 16.8 Å². The van der Waals surface area contributed by atoms with Gasteiger partial charge in [0, 0.05) is 6.08 Å². The van der Waals surface area contributed by atoms with E-state index in [2.05, 4.69) is 4.74 Å². The van der Waals surface area contributed by atoms with Crippen molar-refractivity contribution in [3.8, 4) is 5.75 Å². The van der Waals surface area contributed by atoms with E-state index in [1.807, 2.05) is 24.3 Å². The molecule has 2 nitrogen and oxygen atoms in total. The van der Waals surface area contributed by atoms with Gasteiger partial charge in [-0.2, -0.15) is 8.78 Å². The van der Waals surface area contributed by atoms with Gasteiger partial charge in [0.25, 0.3) is 0 Å². The van der Waals surface area contributed by atoms with Crippen LogP contribution in [0.1, 0.15) is 12.5 Å². The predicted octanol–water partition coefficient (Wildman–Crippen LogP) is 5.54. The minimum atomic E-state index is -2.33. The van der Waals surface area contributed by atoms with Crippen LogP contribution in [-0.2, 0) is 4.79 Å². The van der Waals surface area contributed by atoms with Crippen molar-refractivity contribution in [2.24, 2.45) is 0 Å². The zero-order valence-electron chi connectivity index (χ0n) is 13.8. The molecule has 0 fully saturated rings. The summed E-state index contributed by atoms with van der Waals surface area (Å²) in [5, 5.41) is 1.72. The van der Waals surface area contributed by atoms with Crippen molar-refractivity contribution < 1.29 is 31.5 Å². The fourth-order valence-corrected chi connectivity index (χ4v) is 2.63. The monoisotopic (exact) mass is 378 g/mol. The summed E-state index contributed by atoms with van der Waals surface area (Å²) in [4.78, 5) is 12.0. The highest BCUT2D eigenvalue weighted by atomic mass is 19.2. The lowest BCUT2D eigenvalue weighted by molar-refractivity contribution is -0.129. The third-order valence-corrected chi connectivity index (χ3v) is 3.92. The summed E-state index contributed by atoms with van der Waals surface area (Å²) in [6, 6.07) is 12.6. The van der Waals surface area contributed by atoms with Crippen LogP contribution in [0.25, 0.3) is 16.3 Å². The summed E-state index contributed by atoms with van der Waals surface area (Å²) in [5.74, 6) is -14.0. The van der Waals surface area contributed by atoms with Crippen molar-refractivity contribution in [1.29, 1.82) is 0 Å². The van der Waals surface area contributed by atoms with Gasteiger partial charge in [-0.15, -0.1) is 0 Å². The minimum Gasteiger partial charge on any atom is -0.417 e. The molecule has 3 rings (SSSR count). The maximum atomic E-state index is 13.6. The smallest absolute Gasteiger partial charge is 0.336 e. The van der Waals surface area contributed by atoms with E-state index in [1.165, 1.54) is 0 Å². The number of allylic oxidation sites excluding steroid dienone is 1. The molecule has 0 radical (unpaired) electrons. The van der Waals surface area contributed by atoms with Crippen LogP contribution in [0, 0.1) is 29.1 Å². The molecule has 3 aromatic carbocycles. The van der Waals surface area contributed by atoms with Crippen LogP contribution in [0.2, 0.25) is 0 Å². The largest absolute Gasteiger partial charge is 0.417 e. The van der Waals surface area contributed by atoms with E-state index in [1.54, 1.807) is 25.1 Å². The third kappa shape index (κ3) is 3.40. The van der Waals surface area contributed by atoms with Gasteiger partial charge in [-0.25, -0.2) is 18.0 Å². The molecule has 7 heteroatoms. The maximum absolute atomic E-state index is 13.6. The van der Waals surface area contributed by atoms with Gasteiger partial charge in [0.1, 0.15) is 0 Å². The second-order valence-corrected chi connectivity index (χ2v) is 5.67. The van der Waals surface area contributed by atoms with Gasteiger partial charge in [0.2, 0.25) is 34.8 Å². The highest BCUT2D eigenvalue weighted by Crippen LogP contribution is 2.30. The Balaban J connectivity index is 1.96. The Hall–Kier alpha value is -3.22. The molecule has 0 bridgehead atoms. The Kier molecular flexibility index (Phi) is 4.94. The molecular weight excluding hydrogens is 367 g/mol. The molecule has 0 amide bonds.